The third-order valence-electron chi connectivity index (χ3n) is 3.34. The first-order valence-electron chi connectivity index (χ1n) is 8.04. The first-order valence-corrected chi connectivity index (χ1v) is 8.04. The Kier molecular flexibility index (Phi) is 7.25. The lowest BCUT2D eigenvalue weighted by Gasteiger charge is -2.20. The summed E-state index contributed by atoms with van der Waals surface area (Å²) in [6.07, 6.45) is 3.52. The summed E-state index contributed by atoms with van der Waals surface area (Å²) in [7, 11) is 0. The number of carbonyl (C=O) groups is 1. The minimum atomic E-state index is -0.0723. The average Bonchev–Trinajstić information content (AvgIpc) is 2.45. The van der Waals surface area contributed by atoms with Crippen LogP contribution in [0.1, 0.15) is 64.5 Å². The van der Waals surface area contributed by atoms with E-state index in [2.05, 4.69) is 38.3 Å². The standard InChI is InChI=1S/C18H29N3O/c1-5-6-7-8-16(22)21-17(19)15-11-9-14(10-12-15)13-20-18(2,3)4/h9-12,20H,5-8,13H2,1-4H3,(H2,19,21,22). The Hall–Kier alpha value is -1.68. The maximum atomic E-state index is 11.7. The van der Waals surface area contributed by atoms with Gasteiger partial charge in [-0.15, -0.1) is 0 Å². The molecule has 1 rings (SSSR count). The normalized spacial score (nSPS) is 11.3. The number of rotatable bonds is 7. The molecule has 1 aromatic carbocycles. The Morgan fingerprint density at radius 3 is 2.32 bits per heavy atom. The molecule has 0 spiro atoms. The van der Waals surface area contributed by atoms with Gasteiger partial charge in [-0.25, -0.2) is 0 Å². The van der Waals surface area contributed by atoms with E-state index in [9.17, 15) is 4.79 Å². The van der Waals surface area contributed by atoms with Gasteiger partial charge in [0.1, 0.15) is 5.84 Å². The Bertz CT molecular complexity index is 486. The van der Waals surface area contributed by atoms with Crippen LogP contribution in [-0.2, 0) is 11.3 Å². The predicted octanol–water partition coefficient (Wildman–Crippen LogP) is 3.60. The van der Waals surface area contributed by atoms with Gasteiger partial charge in [0.15, 0.2) is 0 Å². The quantitative estimate of drug-likeness (QED) is 0.409. The van der Waals surface area contributed by atoms with Crippen molar-refractivity contribution in [1.82, 2.24) is 10.6 Å². The first kappa shape index (κ1) is 18.4. The molecular formula is C18H29N3O. The summed E-state index contributed by atoms with van der Waals surface area (Å²) in [5.41, 5.74) is 1.99. The predicted molar refractivity (Wildman–Crippen MR) is 92.1 cm³/mol. The molecule has 3 N–H and O–H groups in total. The molecule has 0 aliphatic heterocycles. The molecule has 0 saturated carbocycles. The Balaban J connectivity index is 2.48. The van der Waals surface area contributed by atoms with E-state index < -0.39 is 0 Å². The van der Waals surface area contributed by atoms with Crippen LogP contribution >= 0.6 is 0 Å². The van der Waals surface area contributed by atoms with Gasteiger partial charge in [-0.05, 0) is 32.8 Å². The molecule has 1 amide bonds. The maximum absolute atomic E-state index is 11.7. The highest BCUT2D eigenvalue weighted by atomic mass is 16.1. The number of amides is 1. The van der Waals surface area contributed by atoms with E-state index in [0.717, 1.165) is 31.4 Å². The van der Waals surface area contributed by atoms with Crippen LogP contribution in [0.25, 0.3) is 0 Å². The van der Waals surface area contributed by atoms with Crippen molar-refractivity contribution < 1.29 is 4.79 Å². The third kappa shape index (κ3) is 7.36. The lowest BCUT2D eigenvalue weighted by Crippen LogP contribution is -2.35. The Labute approximate surface area is 134 Å². The molecule has 0 aliphatic carbocycles. The number of nitrogens with one attached hydrogen (secondary N) is 3. The van der Waals surface area contributed by atoms with E-state index in [1.54, 1.807) is 0 Å². The molecule has 0 unspecified atom stereocenters. The van der Waals surface area contributed by atoms with Crippen molar-refractivity contribution >= 4 is 11.7 Å². The van der Waals surface area contributed by atoms with Gasteiger partial charge in [0.05, 0.1) is 0 Å². The zero-order valence-electron chi connectivity index (χ0n) is 14.3. The highest BCUT2D eigenvalue weighted by Gasteiger charge is 2.09. The Morgan fingerprint density at radius 1 is 1.14 bits per heavy atom. The van der Waals surface area contributed by atoms with Crippen LogP contribution in [0.15, 0.2) is 24.3 Å². The maximum Gasteiger partial charge on any atom is 0.225 e. The fourth-order valence-electron chi connectivity index (χ4n) is 1.97. The van der Waals surface area contributed by atoms with E-state index in [0.29, 0.717) is 6.42 Å². The zero-order chi connectivity index (χ0) is 16.6. The van der Waals surface area contributed by atoms with Gasteiger partial charge in [-0.3, -0.25) is 10.2 Å². The summed E-state index contributed by atoms with van der Waals surface area (Å²) in [5, 5.41) is 14.0. The van der Waals surface area contributed by atoms with Crippen molar-refractivity contribution in [3.8, 4) is 0 Å². The molecular weight excluding hydrogens is 274 g/mol. The molecule has 22 heavy (non-hydrogen) atoms. The van der Waals surface area contributed by atoms with Crippen LogP contribution in [0.4, 0.5) is 0 Å². The smallest absolute Gasteiger partial charge is 0.225 e. The summed E-state index contributed by atoms with van der Waals surface area (Å²) in [6, 6.07) is 7.75. The van der Waals surface area contributed by atoms with Crippen LogP contribution in [0.3, 0.4) is 0 Å². The van der Waals surface area contributed by atoms with Crippen LogP contribution in [0.2, 0.25) is 0 Å². The van der Waals surface area contributed by atoms with Crippen LogP contribution in [-0.4, -0.2) is 17.3 Å². The van der Waals surface area contributed by atoms with E-state index in [4.69, 9.17) is 5.41 Å². The van der Waals surface area contributed by atoms with E-state index in [-0.39, 0.29) is 17.3 Å². The molecule has 0 heterocycles. The van der Waals surface area contributed by atoms with Gasteiger partial charge < -0.3 is 10.6 Å². The summed E-state index contributed by atoms with van der Waals surface area (Å²) in [6.45, 7) is 9.29. The number of benzene rings is 1. The molecule has 1 aromatic rings. The number of hydrogen-bond acceptors (Lipinski definition) is 3. The second-order valence-electron chi connectivity index (χ2n) is 6.68. The van der Waals surface area contributed by atoms with Crippen molar-refractivity contribution in [2.45, 2.75) is 65.5 Å². The van der Waals surface area contributed by atoms with Gasteiger partial charge in [0.2, 0.25) is 5.91 Å². The molecule has 0 radical (unpaired) electrons. The van der Waals surface area contributed by atoms with E-state index >= 15 is 0 Å². The fraction of sp³-hybridized carbons (Fsp3) is 0.556. The van der Waals surface area contributed by atoms with Crippen molar-refractivity contribution in [2.75, 3.05) is 0 Å². The van der Waals surface area contributed by atoms with E-state index in [1.807, 2.05) is 24.3 Å². The van der Waals surface area contributed by atoms with Crippen LogP contribution < -0.4 is 10.6 Å². The number of amidine groups is 1. The molecule has 4 heteroatoms. The summed E-state index contributed by atoms with van der Waals surface area (Å²) in [5.74, 6) is 0.105. The molecule has 0 saturated heterocycles. The summed E-state index contributed by atoms with van der Waals surface area (Å²) < 4.78 is 0. The highest BCUT2D eigenvalue weighted by Crippen LogP contribution is 2.07. The number of unbranched alkanes of at least 4 members (excludes halogenated alkanes) is 2. The third-order valence-corrected chi connectivity index (χ3v) is 3.34. The minimum Gasteiger partial charge on any atom is -0.311 e. The van der Waals surface area contributed by atoms with Gasteiger partial charge >= 0.3 is 0 Å². The lowest BCUT2D eigenvalue weighted by atomic mass is 10.1. The SMILES string of the molecule is CCCCCC(=O)NC(=N)c1ccc(CNC(C)(C)C)cc1. The second kappa shape index (κ2) is 8.69. The molecule has 0 atom stereocenters. The van der Waals surface area contributed by atoms with Crippen molar-refractivity contribution in [3.05, 3.63) is 35.4 Å². The first-order chi connectivity index (χ1) is 10.3. The molecule has 4 nitrogen and oxygen atoms in total. The Morgan fingerprint density at radius 2 is 1.77 bits per heavy atom. The lowest BCUT2D eigenvalue weighted by molar-refractivity contribution is -0.119. The van der Waals surface area contributed by atoms with Gasteiger partial charge in [0.25, 0.3) is 0 Å². The number of carbonyl (C=O) groups excluding carboxylic acids is 1. The topological polar surface area (TPSA) is 65.0 Å². The molecule has 122 valence electrons. The van der Waals surface area contributed by atoms with Gasteiger partial charge in [-0.2, -0.15) is 0 Å². The van der Waals surface area contributed by atoms with Crippen molar-refractivity contribution in [1.29, 1.82) is 5.41 Å². The van der Waals surface area contributed by atoms with Crippen LogP contribution in [0.5, 0.6) is 0 Å². The fourth-order valence-corrected chi connectivity index (χ4v) is 1.97. The van der Waals surface area contributed by atoms with Crippen LogP contribution in [0, 0.1) is 5.41 Å². The average molecular weight is 303 g/mol. The molecule has 0 aliphatic rings. The van der Waals surface area contributed by atoms with Crippen molar-refractivity contribution in [2.24, 2.45) is 0 Å². The molecule has 0 bridgehead atoms. The van der Waals surface area contributed by atoms with Gasteiger partial charge in [0, 0.05) is 24.1 Å². The zero-order valence-corrected chi connectivity index (χ0v) is 14.3. The minimum absolute atomic E-state index is 0.0723. The monoisotopic (exact) mass is 303 g/mol. The molecule has 0 fully saturated rings. The second-order valence-corrected chi connectivity index (χ2v) is 6.68. The van der Waals surface area contributed by atoms with E-state index in [1.165, 1.54) is 5.56 Å². The number of hydrogen-bond donors (Lipinski definition) is 3. The van der Waals surface area contributed by atoms with Crippen molar-refractivity contribution in [3.63, 3.8) is 0 Å². The largest absolute Gasteiger partial charge is 0.311 e. The summed E-state index contributed by atoms with van der Waals surface area (Å²) >= 11 is 0. The highest BCUT2D eigenvalue weighted by molar-refractivity contribution is 6.06. The summed E-state index contributed by atoms with van der Waals surface area (Å²) in [4.78, 5) is 11.7. The molecule has 0 aromatic heterocycles. The van der Waals surface area contributed by atoms with Gasteiger partial charge in [-0.1, -0.05) is 44.0 Å².